The molecule has 0 bridgehead atoms. The Morgan fingerprint density at radius 1 is 1.19 bits per heavy atom. The van der Waals surface area contributed by atoms with Crippen LogP contribution in [0.3, 0.4) is 0 Å². The van der Waals surface area contributed by atoms with Gasteiger partial charge in [0.2, 0.25) is 0 Å². The largest absolute Gasteiger partial charge is 0.492 e. The second kappa shape index (κ2) is 6.73. The summed E-state index contributed by atoms with van der Waals surface area (Å²) in [6.07, 6.45) is 1.81. The highest BCUT2D eigenvalue weighted by Crippen LogP contribution is 2.25. The number of hydrogen-bond donors (Lipinski definition) is 0. The third-order valence-corrected chi connectivity index (χ3v) is 4.62. The van der Waals surface area contributed by atoms with Gasteiger partial charge in [-0.2, -0.15) is 0 Å². The topological polar surface area (TPSA) is 28.6 Å². The summed E-state index contributed by atoms with van der Waals surface area (Å²) in [6, 6.07) is 8.02. The second-order valence-electron chi connectivity index (χ2n) is 5.47. The lowest BCUT2D eigenvalue weighted by molar-refractivity contribution is 0.134. The molecule has 1 aliphatic rings. The van der Waals surface area contributed by atoms with Crippen molar-refractivity contribution in [1.29, 1.82) is 0 Å². The molecule has 1 aliphatic heterocycles. The Balaban J connectivity index is 1.56. The maximum Gasteiger partial charge on any atom is 0.121 e. The minimum atomic E-state index is 0.725. The number of hydrogen-bond acceptors (Lipinski definition) is 4. The summed E-state index contributed by atoms with van der Waals surface area (Å²) in [5, 5.41) is 1.11. The van der Waals surface area contributed by atoms with Crippen molar-refractivity contribution in [3.8, 4) is 5.75 Å². The zero-order valence-corrected chi connectivity index (χ0v) is 13.8. The van der Waals surface area contributed by atoms with Crippen LogP contribution in [0.2, 0.25) is 0 Å². The number of likely N-dealkylation sites (N-methyl/N-ethyl adjacent to an activating group) is 1. The van der Waals surface area contributed by atoms with Crippen molar-refractivity contribution in [2.45, 2.75) is 0 Å². The third-order valence-electron chi connectivity index (χ3n) is 3.93. The molecule has 4 nitrogen and oxygen atoms in total. The van der Waals surface area contributed by atoms with E-state index in [1.165, 1.54) is 0 Å². The van der Waals surface area contributed by atoms with Gasteiger partial charge in [0.1, 0.15) is 12.4 Å². The molecule has 0 amide bonds. The molecular formula is C16H20BrN3O. The predicted octanol–water partition coefficient (Wildman–Crippen LogP) is 2.62. The Hall–Kier alpha value is -1.17. The third kappa shape index (κ3) is 3.73. The Morgan fingerprint density at radius 2 is 2.00 bits per heavy atom. The van der Waals surface area contributed by atoms with E-state index in [4.69, 9.17) is 4.74 Å². The quantitative estimate of drug-likeness (QED) is 0.848. The fourth-order valence-corrected chi connectivity index (χ4v) is 3.00. The zero-order chi connectivity index (χ0) is 14.7. The van der Waals surface area contributed by atoms with Crippen molar-refractivity contribution >= 4 is 26.8 Å². The van der Waals surface area contributed by atoms with Crippen molar-refractivity contribution in [3.63, 3.8) is 0 Å². The average Bonchev–Trinajstić information content (AvgIpc) is 2.49. The molecule has 21 heavy (non-hydrogen) atoms. The summed E-state index contributed by atoms with van der Waals surface area (Å²) in [7, 11) is 2.17. The Labute approximate surface area is 133 Å². The smallest absolute Gasteiger partial charge is 0.121 e. The molecule has 2 heterocycles. The number of ether oxygens (including phenoxy) is 1. The highest BCUT2D eigenvalue weighted by atomic mass is 79.9. The van der Waals surface area contributed by atoms with Crippen LogP contribution in [-0.4, -0.2) is 61.2 Å². The van der Waals surface area contributed by atoms with Gasteiger partial charge in [-0.25, -0.2) is 0 Å². The normalized spacial score (nSPS) is 17.2. The highest BCUT2D eigenvalue weighted by molar-refractivity contribution is 9.10. The fourth-order valence-electron chi connectivity index (χ4n) is 2.55. The lowest BCUT2D eigenvalue weighted by Gasteiger charge is -2.32. The molecule has 1 aromatic carbocycles. The number of nitrogens with zero attached hydrogens (tertiary/aromatic N) is 3. The predicted molar refractivity (Wildman–Crippen MR) is 88.9 cm³/mol. The summed E-state index contributed by atoms with van der Waals surface area (Å²) in [5.41, 5.74) is 0.960. The van der Waals surface area contributed by atoms with Crippen LogP contribution in [0.25, 0.3) is 10.9 Å². The van der Waals surface area contributed by atoms with Gasteiger partial charge in [0.05, 0.1) is 5.52 Å². The van der Waals surface area contributed by atoms with E-state index in [1.807, 2.05) is 18.2 Å². The molecule has 1 aromatic heterocycles. The average molecular weight is 350 g/mol. The maximum atomic E-state index is 5.87. The molecule has 0 saturated carbocycles. The highest BCUT2D eigenvalue weighted by Gasteiger charge is 2.13. The van der Waals surface area contributed by atoms with Crippen molar-refractivity contribution in [3.05, 3.63) is 34.9 Å². The van der Waals surface area contributed by atoms with Crippen LogP contribution in [0.4, 0.5) is 0 Å². The molecule has 0 aliphatic carbocycles. The van der Waals surface area contributed by atoms with Crippen molar-refractivity contribution < 1.29 is 4.74 Å². The van der Waals surface area contributed by atoms with Gasteiger partial charge in [-0.3, -0.25) is 9.88 Å². The zero-order valence-electron chi connectivity index (χ0n) is 12.3. The Kier molecular flexibility index (Phi) is 4.73. The van der Waals surface area contributed by atoms with E-state index in [-0.39, 0.29) is 0 Å². The van der Waals surface area contributed by atoms with E-state index in [0.717, 1.165) is 60.5 Å². The molecular weight excluding hydrogens is 330 g/mol. The van der Waals surface area contributed by atoms with Crippen LogP contribution < -0.4 is 4.74 Å². The SMILES string of the molecule is CN1CCN(CCOc2ccc3c(Br)ccnc3c2)CC1. The first-order chi connectivity index (χ1) is 10.2. The molecule has 0 spiro atoms. The molecule has 0 unspecified atom stereocenters. The molecule has 1 fully saturated rings. The number of aromatic nitrogens is 1. The van der Waals surface area contributed by atoms with Gasteiger partial charge < -0.3 is 9.64 Å². The lowest BCUT2D eigenvalue weighted by Crippen LogP contribution is -2.45. The van der Waals surface area contributed by atoms with E-state index in [0.29, 0.717) is 0 Å². The number of rotatable bonds is 4. The number of halogens is 1. The van der Waals surface area contributed by atoms with Crippen LogP contribution in [0.1, 0.15) is 0 Å². The molecule has 0 radical (unpaired) electrons. The molecule has 112 valence electrons. The van der Waals surface area contributed by atoms with Gasteiger partial charge in [0, 0.05) is 54.8 Å². The van der Waals surface area contributed by atoms with Gasteiger partial charge in [0.15, 0.2) is 0 Å². The van der Waals surface area contributed by atoms with Gasteiger partial charge in [-0.1, -0.05) is 15.9 Å². The van der Waals surface area contributed by atoms with Gasteiger partial charge in [0.25, 0.3) is 0 Å². The first kappa shape index (κ1) is 14.8. The van der Waals surface area contributed by atoms with Crippen LogP contribution >= 0.6 is 15.9 Å². The van der Waals surface area contributed by atoms with Gasteiger partial charge in [-0.15, -0.1) is 0 Å². The number of pyridine rings is 1. The molecule has 3 rings (SSSR count). The summed E-state index contributed by atoms with van der Waals surface area (Å²) < 4.78 is 6.94. The monoisotopic (exact) mass is 349 g/mol. The Morgan fingerprint density at radius 3 is 2.81 bits per heavy atom. The second-order valence-corrected chi connectivity index (χ2v) is 6.32. The van der Waals surface area contributed by atoms with Crippen molar-refractivity contribution in [2.24, 2.45) is 0 Å². The van der Waals surface area contributed by atoms with Gasteiger partial charge >= 0.3 is 0 Å². The maximum absolute atomic E-state index is 5.87. The number of benzene rings is 1. The van der Waals surface area contributed by atoms with Crippen LogP contribution in [0.5, 0.6) is 5.75 Å². The van der Waals surface area contributed by atoms with E-state index in [1.54, 1.807) is 6.20 Å². The summed E-state index contributed by atoms with van der Waals surface area (Å²) in [4.78, 5) is 9.20. The molecule has 5 heteroatoms. The van der Waals surface area contributed by atoms with Crippen LogP contribution in [-0.2, 0) is 0 Å². The lowest BCUT2D eigenvalue weighted by atomic mass is 10.2. The summed E-state index contributed by atoms with van der Waals surface area (Å²) in [5.74, 6) is 0.891. The Bertz CT molecular complexity index is 611. The van der Waals surface area contributed by atoms with E-state index >= 15 is 0 Å². The number of piperazine rings is 1. The first-order valence-corrected chi connectivity index (χ1v) is 8.09. The van der Waals surface area contributed by atoms with E-state index in [9.17, 15) is 0 Å². The summed E-state index contributed by atoms with van der Waals surface area (Å²) in [6.45, 7) is 6.26. The molecule has 1 saturated heterocycles. The standard InChI is InChI=1S/C16H20BrN3O/c1-19-6-8-20(9-7-19)10-11-21-13-2-3-14-15(17)4-5-18-16(14)12-13/h2-5,12H,6-11H2,1H3. The van der Waals surface area contributed by atoms with Crippen molar-refractivity contribution in [1.82, 2.24) is 14.8 Å². The fraction of sp³-hybridized carbons (Fsp3) is 0.438. The molecule has 2 aromatic rings. The summed E-state index contributed by atoms with van der Waals surface area (Å²) >= 11 is 3.54. The van der Waals surface area contributed by atoms with E-state index < -0.39 is 0 Å². The van der Waals surface area contributed by atoms with Gasteiger partial charge in [-0.05, 0) is 25.2 Å². The number of fused-ring (bicyclic) bond motifs is 1. The van der Waals surface area contributed by atoms with Crippen LogP contribution in [0.15, 0.2) is 34.9 Å². The minimum absolute atomic E-state index is 0.725. The van der Waals surface area contributed by atoms with E-state index in [2.05, 4.69) is 43.8 Å². The first-order valence-electron chi connectivity index (χ1n) is 7.30. The molecule has 0 N–H and O–H groups in total. The minimum Gasteiger partial charge on any atom is -0.492 e. The van der Waals surface area contributed by atoms with Crippen LogP contribution in [0, 0.1) is 0 Å². The van der Waals surface area contributed by atoms with Crippen molar-refractivity contribution in [2.75, 3.05) is 46.4 Å². The molecule has 0 atom stereocenters.